The first-order valence-electron chi connectivity index (χ1n) is 6.51. The van der Waals surface area contributed by atoms with Crippen molar-refractivity contribution < 1.29 is 9.53 Å². The molecule has 0 aliphatic heterocycles. The topological polar surface area (TPSA) is 50.4 Å². The Hall–Kier alpha value is -2.49. The fourth-order valence-electron chi connectivity index (χ4n) is 1.81. The molecule has 0 radical (unpaired) electrons. The summed E-state index contributed by atoms with van der Waals surface area (Å²) in [7, 11) is 1.64. The van der Waals surface area contributed by atoms with Crippen LogP contribution in [0.3, 0.4) is 0 Å². The minimum Gasteiger partial charge on any atom is -0.497 e. The van der Waals surface area contributed by atoms with Gasteiger partial charge in [-0.05, 0) is 36.2 Å². The number of ether oxygens (including phenoxy) is 1. The molecule has 2 N–H and O–H groups in total. The molecule has 2 aromatic carbocycles. The second kappa shape index (κ2) is 7.19. The molecular formula is C16H18N2O2. The molecule has 20 heavy (non-hydrogen) atoms. The van der Waals surface area contributed by atoms with Gasteiger partial charge in [0.1, 0.15) is 5.75 Å². The van der Waals surface area contributed by atoms with Crippen LogP contribution in [0.4, 0.5) is 10.5 Å². The van der Waals surface area contributed by atoms with Gasteiger partial charge in [0.2, 0.25) is 0 Å². The molecule has 2 aromatic rings. The maximum Gasteiger partial charge on any atom is 0.319 e. The Morgan fingerprint density at radius 3 is 2.40 bits per heavy atom. The normalized spacial score (nSPS) is 9.85. The van der Waals surface area contributed by atoms with E-state index in [0.29, 0.717) is 6.54 Å². The molecule has 0 heterocycles. The fourth-order valence-corrected chi connectivity index (χ4v) is 1.81. The van der Waals surface area contributed by atoms with Gasteiger partial charge < -0.3 is 15.4 Å². The Balaban J connectivity index is 1.73. The van der Waals surface area contributed by atoms with Gasteiger partial charge in [-0.1, -0.05) is 30.3 Å². The number of methoxy groups -OCH3 is 1. The van der Waals surface area contributed by atoms with Crippen LogP contribution in [0.5, 0.6) is 5.75 Å². The van der Waals surface area contributed by atoms with Crippen molar-refractivity contribution in [2.24, 2.45) is 0 Å². The summed E-state index contributed by atoms with van der Waals surface area (Å²) < 4.78 is 5.10. The van der Waals surface area contributed by atoms with Crippen molar-refractivity contribution in [1.82, 2.24) is 5.32 Å². The zero-order valence-electron chi connectivity index (χ0n) is 11.4. The summed E-state index contributed by atoms with van der Waals surface area (Å²) in [6, 6.07) is 17.0. The number of nitrogens with one attached hydrogen (secondary N) is 2. The minimum absolute atomic E-state index is 0.190. The average Bonchev–Trinajstić information content (AvgIpc) is 2.49. The van der Waals surface area contributed by atoms with E-state index in [0.717, 1.165) is 23.4 Å². The first-order chi connectivity index (χ1) is 9.78. The molecule has 0 spiro atoms. The van der Waals surface area contributed by atoms with Gasteiger partial charge in [0.05, 0.1) is 7.11 Å². The molecule has 0 saturated carbocycles. The van der Waals surface area contributed by atoms with Crippen molar-refractivity contribution in [3.63, 3.8) is 0 Å². The van der Waals surface area contributed by atoms with E-state index in [1.807, 2.05) is 54.6 Å². The molecule has 4 heteroatoms. The van der Waals surface area contributed by atoms with E-state index >= 15 is 0 Å². The van der Waals surface area contributed by atoms with E-state index in [1.54, 1.807) is 7.11 Å². The van der Waals surface area contributed by atoms with Crippen LogP contribution in [-0.4, -0.2) is 19.7 Å². The number of anilines is 1. The van der Waals surface area contributed by atoms with Crippen LogP contribution in [0.25, 0.3) is 0 Å². The van der Waals surface area contributed by atoms with E-state index in [1.165, 1.54) is 0 Å². The van der Waals surface area contributed by atoms with E-state index in [9.17, 15) is 4.79 Å². The Morgan fingerprint density at radius 1 is 1.05 bits per heavy atom. The Labute approximate surface area is 118 Å². The van der Waals surface area contributed by atoms with E-state index < -0.39 is 0 Å². The van der Waals surface area contributed by atoms with Crippen LogP contribution in [0, 0.1) is 0 Å². The Morgan fingerprint density at radius 2 is 1.75 bits per heavy atom. The fraction of sp³-hybridized carbons (Fsp3) is 0.188. The third kappa shape index (κ3) is 4.31. The van der Waals surface area contributed by atoms with Gasteiger partial charge in [-0.25, -0.2) is 4.79 Å². The number of urea groups is 1. The number of benzene rings is 2. The summed E-state index contributed by atoms with van der Waals surface area (Å²) in [6.45, 7) is 0.588. The molecule has 0 atom stereocenters. The standard InChI is InChI=1S/C16H18N2O2/c1-20-15-9-7-13(8-10-15)11-12-17-16(19)18-14-5-3-2-4-6-14/h2-10H,11-12H2,1H3,(H2,17,18,19). The van der Waals surface area contributed by atoms with Crippen LogP contribution >= 0.6 is 0 Å². The molecule has 0 saturated heterocycles. The predicted octanol–water partition coefficient (Wildman–Crippen LogP) is 3.06. The maximum atomic E-state index is 11.7. The van der Waals surface area contributed by atoms with E-state index in [2.05, 4.69) is 10.6 Å². The highest BCUT2D eigenvalue weighted by Gasteiger charge is 2.00. The van der Waals surface area contributed by atoms with Gasteiger partial charge in [0.25, 0.3) is 0 Å². The summed E-state index contributed by atoms with van der Waals surface area (Å²) in [5, 5.41) is 5.60. The number of carbonyl (C=O) groups excluding carboxylic acids is 1. The molecule has 0 aliphatic carbocycles. The maximum absolute atomic E-state index is 11.7. The molecule has 0 aliphatic rings. The summed E-state index contributed by atoms with van der Waals surface area (Å²) in [5.41, 5.74) is 1.94. The van der Waals surface area contributed by atoms with Gasteiger partial charge in [-0.2, -0.15) is 0 Å². The average molecular weight is 270 g/mol. The van der Waals surface area contributed by atoms with Crippen LogP contribution in [0.2, 0.25) is 0 Å². The zero-order valence-corrected chi connectivity index (χ0v) is 11.4. The first-order valence-corrected chi connectivity index (χ1v) is 6.51. The van der Waals surface area contributed by atoms with E-state index in [4.69, 9.17) is 4.74 Å². The third-order valence-electron chi connectivity index (χ3n) is 2.89. The van der Waals surface area contributed by atoms with Crippen molar-refractivity contribution >= 4 is 11.7 Å². The summed E-state index contributed by atoms with van der Waals surface area (Å²) in [6.07, 6.45) is 0.784. The molecule has 0 unspecified atom stereocenters. The Kier molecular flexibility index (Phi) is 5.00. The van der Waals surface area contributed by atoms with Crippen LogP contribution < -0.4 is 15.4 Å². The number of hydrogen-bond donors (Lipinski definition) is 2. The highest BCUT2D eigenvalue weighted by molar-refractivity contribution is 5.89. The van der Waals surface area contributed by atoms with Gasteiger partial charge in [-0.15, -0.1) is 0 Å². The lowest BCUT2D eigenvalue weighted by Crippen LogP contribution is -2.30. The lowest BCUT2D eigenvalue weighted by atomic mass is 10.1. The van der Waals surface area contributed by atoms with Crippen LogP contribution in [0.1, 0.15) is 5.56 Å². The number of hydrogen-bond acceptors (Lipinski definition) is 2. The SMILES string of the molecule is COc1ccc(CCNC(=O)Nc2ccccc2)cc1. The van der Waals surface area contributed by atoms with Crippen molar-refractivity contribution in [3.05, 3.63) is 60.2 Å². The van der Waals surface area contributed by atoms with Crippen LogP contribution in [0.15, 0.2) is 54.6 Å². The van der Waals surface area contributed by atoms with Crippen molar-refractivity contribution in [1.29, 1.82) is 0 Å². The highest BCUT2D eigenvalue weighted by atomic mass is 16.5. The minimum atomic E-state index is -0.190. The van der Waals surface area contributed by atoms with Crippen LogP contribution in [-0.2, 0) is 6.42 Å². The molecule has 104 valence electrons. The van der Waals surface area contributed by atoms with Gasteiger partial charge in [0, 0.05) is 12.2 Å². The molecule has 0 aromatic heterocycles. The Bertz CT molecular complexity index is 538. The summed E-state index contributed by atoms with van der Waals surface area (Å²) in [5.74, 6) is 0.837. The van der Waals surface area contributed by atoms with Crippen molar-refractivity contribution in [3.8, 4) is 5.75 Å². The van der Waals surface area contributed by atoms with Gasteiger partial charge >= 0.3 is 6.03 Å². The smallest absolute Gasteiger partial charge is 0.319 e. The lowest BCUT2D eigenvalue weighted by Gasteiger charge is -2.08. The molecule has 2 rings (SSSR count). The molecule has 2 amide bonds. The summed E-state index contributed by atoms with van der Waals surface area (Å²) in [4.78, 5) is 11.7. The van der Waals surface area contributed by atoms with E-state index in [-0.39, 0.29) is 6.03 Å². The quantitative estimate of drug-likeness (QED) is 0.877. The van der Waals surface area contributed by atoms with Crippen molar-refractivity contribution in [2.75, 3.05) is 19.0 Å². The summed E-state index contributed by atoms with van der Waals surface area (Å²) >= 11 is 0. The number of rotatable bonds is 5. The van der Waals surface area contributed by atoms with Gasteiger partial charge in [-0.3, -0.25) is 0 Å². The largest absolute Gasteiger partial charge is 0.497 e. The monoisotopic (exact) mass is 270 g/mol. The molecular weight excluding hydrogens is 252 g/mol. The predicted molar refractivity (Wildman–Crippen MR) is 80.2 cm³/mol. The second-order valence-electron chi connectivity index (χ2n) is 4.35. The molecule has 0 fully saturated rings. The van der Waals surface area contributed by atoms with Gasteiger partial charge in [0.15, 0.2) is 0 Å². The first kappa shape index (κ1) is 13.9. The lowest BCUT2D eigenvalue weighted by molar-refractivity contribution is 0.252. The highest BCUT2D eigenvalue weighted by Crippen LogP contribution is 2.11. The third-order valence-corrected chi connectivity index (χ3v) is 2.89. The molecule has 4 nitrogen and oxygen atoms in total. The van der Waals surface area contributed by atoms with Crippen molar-refractivity contribution in [2.45, 2.75) is 6.42 Å². The zero-order chi connectivity index (χ0) is 14.2. The molecule has 0 bridgehead atoms. The number of carbonyl (C=O) groups is 1. The second-order valence-corrected chi connectivity index (χ2v) is 4.35. The number of para-hydroxylation sites is 1. The number of amides is 2.